The van der Waals surface area contributed by atoms with Crippen molar-refractivity contribution in [1.29, 1.82) is 36.8 Å². The average Bonchev–Trinajstić information content (AvgIpc) is 3.55. The molecule has 0 fully saturated rings. The molecule has 0 bridgehead atoms. The van der Waals surface area contributed by atoms with Gasteiger partial charge in [-0.1, -0.05) is 109 Å². The molecular formula is C69H33N13. The molecule has 13 nitrogen and oxygen atoms in total. The van der Waals surface area contributed by atoms with Crippen LogP contribution in [0, 0.1) is 79.3 Å². The molecule has 13 aromatic rings. The summed E-state index contributed by atoms with van der Waals surface area (Å²) in [5.74, 6) is 1.16. The van der Waals surface area contributed by atoms with E-state index in [1.54, 1.807) is 24.4 Å². The zero-order valence-electron chi connectivity index (χ0n) is 42.9. The van der Waals surface area contributed by atoms with Crippen LogP contribution in [0.15, 0.2) is 200 Å². The smallest absolute Gasteiger partial charge is 0.164 e. The number of rotatable bonds is 8. The highest BCUT2D eigenvalue weighted by atomic mass is 15.0. The van der Waals surface area contributed by atoms with Gasteiger partial charge in [0.05, 0.1) is 109 Å². The molecule has 0 atom stereocenters. The minimum atomic E-state index is 0.123. The molecule has 0 saturated carbocycles. The van der Waals surface area contributed by atoms with E-state index in [9.17, 15) is 36.8 Å². The summed E-state index contributed by atoms with van der Waals surface area (Å²) < 4.78 is 4.17. The number of nitrogens with zero attached hydrogens (tertiary/aromatic N) is 13. The monoisotopic (exact) mass is 1040 g/mol. The minimum absolute atomic E-state index is 0.123. The Morgan fingerprint density at radius 2 is 0.744 bits per heavy atom. The summed E-state index contributed by atoms with van der Waals surface area (Å²) in [6, 6.07) is 75.6. The Hall–Kier alpha value is -12.8. The quantitative estimate of drug-likeness (QED) is 0.139. The first-order valence-corrected chi connectivity index (χ1v) is 25.6. The first-order chi connectivity index (χ1) is 40.3. The van der Waals surface area contributed by atoms with Crippen LogP contribution in [0.5, 0.6) is 0 Å². The van der Waals surface area contributed by atoms with Gasteiger partial charge in [0.15, 0.2) is 17.5 Å². The SMILES string of the molecule is N#Cc1cc(C#N)c(-c2ccc3c(c2)c2cc(-c4c(C#N)cc(C#N)cc4C#N)ccc2n3-c2c(C#N)cc(-c3nc(-c4ccccc4)nc(-c4ccccc4)n3)cc2-c2cc(-n3c4ccccc4c4ccccc43)ccn2)c(C#N)c1. The van der Waals surface area contributed by atoms with Gasteiger partial charge >= 0.3 is 0 Å². The Labute approximate surface area is 468 Å². The highest BCUT2D eigenvalue weighted by molar-refractivity contribution is 6.13. The van der Waals surface area contributed by atoms with Gasteiger partial charge < -0.3 is 9.13 Å². The molecule has 0 aliphatic carbocycles. The third kappa shape index (κ3) is 8.05. The molecule has 4 heterocycles. The lowest BCUT2D eigenvalue weighted by molar-refractivity contribution is 1.07. The van der Waals surface area contributed by atoms with Gasteiger partial charge in [-0.2, -0.15) is 36.8 Å². The summed E-state index contributed by atoms with van der Waals surface area (Å²) in [6.45, 7) is 0. The fraction of sp³-hybridized carbons (Fsp3) is 0. The lowest BCUT2D eigenvalue weighted by Crippen LogP contribution is -2.05. The Bertz CT molecular complexity index is 4860. The van der Waals surface area contributed by atoms with Crippen molar-refractivity contribution in [2.24, 2.45) is 0 Å². The van der Waals surface area contributed by atoms with Gasteiger partial charge in [0.2, 0.25) is 0 Å². The zero-order chi connectivity index (χ0) is 56.0. The van der Waals surface area contributed by atoms with Gasteiger partial charge in [0.1, 0.15) is 6.07 Å². The predicted molar refractivity (Wildman–Crippen MR) is 312 cm³/mol. The number of nitriles is 7. The van der Waals surface area contributed by atoms with Crippen molar-refractivity contribution in [1.82, 2.24) is 29.1 Å². The van der Waals surface area contributed by atoms with Crippen molar-refractivity contribution >= 4 is 43.6 Å². The Kier molecular flexibility index (Phi) is 11.9. The zero-order valence-corrected chi connectivity index (χ0v) is 42.9. The number of fused-ring (bicyclic) bond motifs is 6. The van der Waals surface area contributed by atoms with Crippen molar-refractivity contribution in [3.63, 3.8) is 0 Å². The van der Waals surface area contributed by atoms with Gasteiger partial charge in [-0.25, -0.2) is 15.0 Å². The van der Waals surface area contributed by atoms with E-state index in [0.717, 1.165) is 38.6 Å². The van der Waals surface area contributed by atoms with E-state index in [1.165, 1.54) is 24.3 Å². The molecule has 9 aromatic carbocycles. The fourth-order valence-electron chi connectivity index (χ4n) is 11.1. The largest absolute Gasteiger partial charge is 0.309 e. The summed E-state index contributed by atoms with van der Waals surface area (Å²) in [5, 5.41) is 76.8. The molecule has 0 spiro atoms. The van der Waals surface area contributed by atoms with Gasteiger partial charge in [0, 0.05) is 66.8 Å². The fourth-order valence-corrected chi connectivity index (χ4v) is 11.1. The number of benzene rings is 9. The minimum Gasteiger partial charge on any atom is -0.309 e. The number of pyridine rings is 1. The first-order valence-electron chi connectivity index (χ1n) is 25.6. The van der Waals surface area contributed by atoms with Crippen LogP contribution in [-0.4, -0.2) is 29.1 Å². The summed E-state index contributed by atoms with van der Waals surface area (Å²) >= 11 is 0. The number of aromatic nitrogens is 6. The maximum atomic E-state index is 11.7. The molecule has 0 N–H and O–H groups in total. The van der Waals surface area contributed by atoms with Crippen molar-refractivity contribution in [3.05, 3.63) is 239 Å². The normalized spacial score (nSPS) is 10.8. The van der Waals surface area contributed by atoms with E-state index in [4.69, 9.17) is 19.9 Å². The lowest BCUT2D eigenvalue weighted by Gasteiger charge is -2.18. The summed E-state index contributed by atoms with van der Waals surface area (Å²) in [7, 11) is 0. The molecule has 0 aliphatic heterocycles. The average molecular weight is 1040 g/mol. The number of hydrogen-bond acceptors (Lipinski definition) is 11. The molecular weight excluding hydrogens is 1010 g/mol. The highest BCUT2D eigenvalue weighted by Crippen LogP contribution is 2.44. The Morgan fingerprint density at radius 3 is 1.20 bits per heavy atom. The molecule has 0 saturated heterocycles. The van der Waals surface area contributed by atoms with Crippen LogP contribution in [0.2, 0.25) is 0 Å². The summed E-state index contributed by atoms with van der Waals surface area (Å²) in [5.41, 5.74) is 10.2. The van der Waals surface area contributed by atoms with Crippen LogP contribution in [0.1, 0.15) is 38.9 Å². The van der Waals surface area contributed by atoms with Crippen LogP contribution >= 0.6 is 0 Å². The third-order valence-electron chi connectivity index (χ3n) is 14.6. The van der Waals surface area contributed by atoms with Crippen molar-refractivity contribution in [2.45, 2.75) is 0 Å². The maximum absolute atomic E-state index is 11.7. The number of para-hydroxylation sites is 2. The third-order valence-corrected chi connectivity index (χ3v) is 14.6. The molecule has 0 aliphatic rings. The molecule has 13 heteroatoms. The van der Waals surface area contributed by atoms with E-state index in [2.05, 4.69) is 71.3 Å². The summed E-state index contributed by atoms with van der Waals surface area (Å²) in [4.78, 5) is 20.2. The van der Waals surface area contributed by atoms with Gasteiger partial charge in [-0.05, 0) is 96.1 Å². The van der Waals surface area contributed by atoms with E-state index < -0.39 is 0 Å². The van der Waals surface area contributed by atoms with Gasteiger partial charge in [0.25, 0.3) is 0 Å². The van der Waals surface area contributed by atoms with Crippen LogP contribution in [0.4, 0.5) is 0 Å². The molecule has 0 radical (unpaired) electrons. The second-order valence-corrected chi connectivity index (χ2v) is 19.2. The molecule has 0 unspecified atom stereocenters. The van der Waals surface area contributed by atoms with E-state index in [-0.39, 0.29) is 38.9 Å². The Morgan fingerprint density at radius 1 is 0.317 bits per heavy atom. The first kappa shape index (κ1) is 48.8. The van der Waals surface area contributed by atoms with Gasteiger partial charge in [-0.15, -0.1) is 0 Å². The Balaban J connectivity index is 1.14. The van der Waals surface area contributed by atoms with Crippen LogP contribution < -0.4 is 0 Å². The standard InChI is InChI=1S/C69H33N13/c70-34-41-25-48(36-72)64(49(26-41)37-73)45-19-21-62-56(30-45)57-31-46(65-50(38-74)27-42(35-71)28-51(65)39-75)20-22-63(57)82(62)66-52(40-76)29-47(69-79-67(43-11-3-1-4-12-43)78-68(80-69)44-13-5-2-6-14-44)32-58(66)59-33-53(23-24-77-59)81-60-17-9-7-15-54(60)55-16-8-10-18-61(55)81/h1-33H. The van der Waals surface area contributed by atoms with E-state index >= 15 is 0 Å². The molecule has 0 amide bonds. The highest BCUT2D eigenvalue weighted by Gasteiger charge is 2.26. The predicted octanol–water partition coefficient (Wildman–Crippen LogP) is 14.6. The summed E-state index contributed by atoms with van der Waals surface area (Å²) in [6.07, 6.45) is 1.75. The molecule has 82 heavy (non-hydrogen) atoms. The molecule has 4 aromatic heterocycles. The molecule has 374 valence electrons. The van der Waals surface area contributed by atoms with Crippen molar-refractivity contribution in [2.75, 3.05) is 0 Å². The van der Waals surface area contributed by atoms with Gasteiger partial charge in [-0.3, -0.25) is 4.98 Å². The number of hydrogen-bond donors (Lipinski definition) is 0. The van der Waals surface area contributed by atoms with Crippen LogP contribution in [-0.2, 0) is 0 Å². The van der Waals surface area contributed by atoms with Crippen molar-refractivity contribution < 1.29 is 0 Å². The van der Waals surface area contributed by atoms with E-state index in [0.29, 0.717) is 84.0 Å². The van der Waals surface area contributed by atoms with E-state index in [1.807, 2.05) is 132 Å². The second-order valence-electron chi connectivity index (χ2n) is 19.2. The van der Waals surface area contributed by atoms with Crippen LogP contribution in [0.3, 0.4) is 0 Å². The second kappa shape index (κ2) is 19.9. The maximum Gasteiger partial charge on any atom is 0.164 e. The molecule has 13 rings (SSSR count). The lowest BCUT2D eigenvalue weighted by atomic mass is 9.91. The van der Waals surface area contributed by atoms with Crippen molar-refractivity contribution in [3.8, 4) is 122 Å². The topological polar surface area (TPSA) is 228 Å². The van der Waals surface area contributed by atoms with Crippen LogP contribution in [0.25, 0.3) is 123 Å².